The molecule has 134 valence electrons. The summed E-state index contributed by atoms with van der Waals surface area (Å²) >= 11 is 0.265. The maximum absolute atomic E-state index is 10.5. The molecule has 25 heavy (non-hydrogen) atoms. The Morgan fingerprint density at radius 3 is 1.84 bits per heavy atom. The summed E-state index contributed by atoms with van der Waals surface area (Å²) in [5, 5.41) is 12.4. The molecule has 0 N–H and O–H groups in total. The first-order valence-corrected chi connectivity index (χ1v) is 8.96. The molecule has 12 nitrogen and oxygen atoms in total. The van der Waals surface area contributed by atoms with Crippen molar-refractivity contribution in [1.29, 1.82) is 0 Å². The van der Waals surface area contributed by atoms with Gasteiger partial charge in [-0.3, -0.25) is 17.6 Å². The largest absolute Gasteiger partial charge is 1.00 e. The molecule has 0 fully saturated rings. The molecule has 0 amide bonds. The van der Waals surface area contributed by atoms with Gasteiger partial charge >= 0.3 is 88.7 Å². The van der Waals surface area contributed by atoms with E-state index in [0.717, 1.165) is 0 Å². The van der Waals surface area contributed by atoms with Gasteiger partial charge in [0.1, 0.15) is 0 Å². The average molecular weight is 454 g/mol. The van der Waals surface area contributed by atoms with E-state index in [-0.39, 0.29) is 133 Å². The SMILES string of the molecule is O=S(=O)([O-])OCCCC(CCCOSOO[O-])OS(=O)(=O)[O-].[Na+].[Na+].[Na+]. The molecule has 0 saturated carbocycles. The zero-order chi connectivity index (χ0) is 17.1. The van der Waals surface area contributed by atoms with E-state index in [9.17, 15) is 31.2 Å². The number of hydrogen-bond donors (Lipinski definition) is 0. The van der Waals surface area contributed by atoms with Crippen molar-refractivity contribution in [3.8, 4) is 0 Å². The van der Waals surface area contributed by atoms with Crippen molar-refractivity contribution in [2.75, 3.05) is 13.2 Å². The van der Waals surface area contributed by atoms with Crippen molar-refractivity contribution in [3.63, 3.8) is 0 Å². The molecule has 0 rings (SSSR count). The third-order valence-electron chi connectivity index (χ3n) is 2.01. The second-order valence-electron chi connectivity index (χ2n) is 3.67. The molecular weight excluding hydrogens is 441 g/mol. The Labute approximate surface area is 217 Å². The fourth-order valence-electron chi connectivity index (χ4n) is 1.31. The Balaban J connectivity index is -0.000000735. The summed E-state index contributed by atoms with van der Waals surface area (Å²) in [5.41, 5.74) is 0. The van der Waals surface area contributed by atoms with Gasteiger partial charge in [-0.1, -0.05) is 0 Å². The van der Waals surface area contributed by atoms with Gasteiger partial charge in [0.05, 0.1) is 19.3 Å². The van der Waals surface area contributed by atoms with E-state index in [1.54, 1.807) is 0 Å². The molecular formula is C7H13Na3O12S3. The molecule has 0 bridgehead atoms. The second-order valence-corrected chi connectivity index (χ2v) is 6.24. The Bertz CT molecular complexity index is 486. The normalized spacial score (nSPS) is 12.4. The zero-order valence-corrected chi connectivity index (χ0v) is 22.4. The first kappa shape index (κ1) is 35.4. The topological polar surface area (TPSA) is 184 Å². The summed E-state index contributed by atoms with van der Waals surface area (Å²) < 4.78 is 78.8. The van der Waals surface area contributed by atoms with Crippen LogP contribution in [0.4, 0.5) is 0 Å². The molecule has 1 atom stereocenters. The van der Waals surface area contributed by atoms with Crippen LogP contribution in [0.25, 0.3) is 0 Å². The summed E-state index contributed by atoms with van der Waals surface area (Å²) in [6.45, 7) is -0.441. The van der Waals surface area contributed by atoms with Crippen molar-refractivity contribution in [2.24, 2.45) is 0 Å². The van der Waals surface area contributed by atoms with Crippen LogP contribution in [-0.2, 0) is 42.7 Å². The van der Waals surface area contributed by atoms with Crippen LogP contribution < -0.4 is 93.9 Å². The summed E-state index contributed by atoms with van der Waals surface area (Å²) in [5.74, 6) is 0. The minimum absolute atomic E-state index is 0. The fraction of sp³-hybridized carbons (Fsp3) is 1.00. The second kappa shape index (κ2) is 20.2. The fourth-order valence-corrected chi connectivity index (χ4v) is 2.41. The summed E-state index contributed by atoms with van der Waals surface area (Å²) in [6.07, 6.45) is -0.791. The molecule has 0 aliphatic rings. The van der Waals surface area contributed by atoms with Crippen LogP contribution in [-0.4, -0.2) is 45.3 Å². The molecule has 18 heteroatoms. The smallest absolute Gasteiger partial charge is 0.726 e. The molecule has 0 radical (unpaired) electrons. The predicted octanol–water partition coefficient (Wildman–Crippen LogP) is -10.3. The first-order chi connectivity index (χ1) is 10.1. The Hall–Kier alpha value is 2.93. The van der Waals surface area contributed by atoms with E-state index in [1.165, 1.54) is 0 Å². The third-order valence-corrected chi connectivity index (χ3v) is 3.35. The molecule has 0 saturated heterocycles. The van der Waals surface area contributed by atoms with Gasteiger partial charge in [-0.15, -0.1) is 4.33 Å². The van der Waals surface area contributed by atoms with Crippen LogP contribution in [0.1, 0.15) is 25.7 Å². The van der Waals surface area contributed by atoms with Crippen LogP contribution >= 0.6 is 12.3 Å². The van der Waals surface area contributed by atoms with Gasteiger partial charge in [-0.25, -0.2) is 16.8 Å². The molecule has 0 aromatic rings. The zero-order valence-electron chi connectivity index (χ0n) is 13.9. The van der Waals surface area contributed by atoms with Crippen LogP contribution in [0, 0.1) is 0 Å². The van der Waals surface area contributed by atoms with Gasteiger partial charge in [-0.05, 0) is 25.7 Å². The van der Waals surface area contributed by atoms with Gasteiger partial charge in [0.15, 0.2) is 12.3 Å². The van der Waals surface area contributed by atoms with Crippen molar-refractivity contribution in [3.05, 3.63) is 0 Å². The molecule has 0 aliphatic heterocycles. The molecule has 0 aromatic carbocycles. The van der Waals surface area contributed by atoms with E-state index in [0.29, 0.717) is 0 Å². The van der Waals surface area contributed by atoms with Crippen LogP contribution in [0.15, 0.2) is 0 Å². The Morgan fingerprint density at radius 1 is 0.880 bits per heavy atom. The minimum atomic E-state index is -4.94. The maximum atomic E-state index is 10.5. The molecule has 0 spiro atoms. The molecule has 0 heterocycles. The van der Waals surface area contributed by atoms with E-state index in [4.69, 9.17) is 0 Å². The van der Waals surface area contributed by atoms with E-state index >= 15 is 0 Å². The third kappa shape index (κ3) is 29.2. The number of hydrogen-bond acceptors (Lipinski definition) is 13. The summed E-state index contributed by atoms with van der Waals surface area (Å²) in [6, 6.07) is 0. The van der Waals surface area contributed by atoms with E-state index in [2.05, 4.69) is 21.9 Å². The molecule has 1 unspecified atom stereocenters. The van der Waals surface area contributed by atoms with Gasteiger partial charge < -0.3 is 14.4 Å². The van der Waals surface area contributed by atoms with Crippen LogP contribution in [0.3, 0.4) is 0 Å². The van der Waals surface area contributed by atoms with Crippen molar-refractivity contribution in [2.45, 2.75) is 31.8 Å². The quantitative estimate of drug-likeness (QED) is 0.0459. The predicted molar refractivity (Wildman–Crippen MR) is 64.4 cm³/mol. The van der Waals surface area contributed by atoms with Crippen molar-refractivity contribution < 1.29 is 142 Å². The Morgan fingerprint density at radius 2 is 1.40 bits per heavy atom. The summed E-state index contributed by atoms with van der Waals surface area (Å²) in [7, 11) is -9.77. The van der Waals surface area contributed by atoms with Crippen molar-refractivity contribution >= 4 is 33.1 Å². The van der Waals surface area contributed by atoms with Crippen molar-refractivity contribution in [1.82, 2.24) is 0 Å². The van der Waals surface area contributed by atoms with E-state index < -0.39 is 33.5 Å². The van der Waals surface area contributed by atoms with Crippen LogP contribution in [0.2, 0.25) is 0 Å². The first-order valence-electron chi connectivity index (χ1n) is 5.63. The van der Waals surface area contributed by atoms with Gasteiger partial charge in [0.2, 0.25) is 20.8 Å². The average Bonchev–Trinajstić information content (AvgIpc) is 2.35. The van der Waals surface area contributed by atoms with Crippen LogP contribution in [0.5, 0.6) is 0 Å². The maximum Gasteiger partial charge on any atom is 1.00 e. The standard InChI is InChI=1S/C7H16O12S3.3Na/c8-18-19-20-15-5-1-3-7(17-22(12,13)14)4-2-6-16-21(9,10)11;;;/h7-8H,1-6H2,(H,9,10,11)(H,12,13,14);;;/q;3*+1/p-3. The molecule has 0 aromatic heterocycles. The minimum Gasteiger partial charge on any atom is -0.726 e. The van der Waals surface area contributed by atoms with Gasteiger partial charge in [0.25, 0.3) is 0 Å². The van der Waals surface area contributed by atoms with E-state index in [1.807, 2.05) is 0 Å². The number of rotatable bonds is 14. The summed E-state index contributed by atoms with van der Waals surface area (Å²) in [4.78, 5) is 0. The molecule has 0 aliphatic carbocycles. The van der Waals surface area contributed by atoms with Gasteiger partial charge in [-0.2, -0.15) is 0 Å². The van der Waals surface area contributed by atoms with Gasteiger partial charge in [0, 0.05) is 0 Å². The Kier molecular flexibility index (Phi) is 28.6. The monoisotopic (exact) mass is 454 g/mol.